The molecule has 1 unspecified atom stereocenters. The summed E-state index contributed by atoms with van der Waals surface area (Å²) in [4.78, 5) is 30.0. The number of hydrogen-bond acceptors (Lipinski definition) is 4. The zero-order valence-corrected chi connectivity index (χ0v) is 21.5. The van der Waals surface area contributed by atoms with Crippen LogP contribution in [0.3, 0.4) is 0 Å². The first-order chi connectivity index (χ1) is 18.3. The molecule has 1 N–H and O–H groups in total. The summed E-state index contributed by atoms with van der Waals surface area (Å²) in [6, 6.07) is 15.1. The number of anilines is 2. The predicted molar refractivity (Wildman–Crippen MR) is 144 cm³/mol. The van der Waals surface area contributed by atoms with E-state index in [2.05, 4.69) is 4.90 Å². The van der Waals surface area contributed by atoms with Crippen LogP contribution in [0.2, 0.25) is 0 Å². The number of aliphatic hydroxyl groups is 1. The van der Waals surface area contributed by atoms with E-state index in [0.717, 1.165) is 67.1 Å². The molecule has 0 spiro atoms. The lowest BCUT2D eigenvalue weighted by atomic mass is 9.88. The average Bonchev–Trinajstić information content (AvgIpc) is 3.20. The topological polar surface area (TPSA) is 60.9 Å². The Hall–Kier alpha value is -4.00. The molecule has 1 saturated heterocycles. The van der Waals surface area contributed by atoms with Gasteiger partial charge in [0.25, 0.3) is 11.7 Å². The van der Waals surface area contributed by atoms with Crippen molar-refractivity contribution < 1.29 is 23.5 Å². The van der Waals surface area contributed by atoms with E-state index in [-0.39, 0.29) is 17.0 Å². The van der Waals surface area contributed by atoms with Crippen LogP contribution in [0.1, 0.15) is 55.0 Å². The number of amides is 1. The third-order valence-electron chi connectivity index (χ3n) is 7.59. The predicted octanol–water partition coefficient (Wildman–Crippen LogP) is 6.32. The van der Waals surface area contributed by atoms with Gasteiger partial charge in [-0.2, -0.15) is 0 Å². The summed E-state index contributed by atoms with van der Waals surface area (Å²) in [6.45, 7) is 5.71. The molecule has 1 atom stereocenters. The molecule has 1 heterocycles. The van der Waals surface area contributed by atoms with Gasteiger partial charge < -0.3 is 10.0 Å². The number of carbonyl (C=O) groups is 2. The molecule has 196 valence electrons. The van der Waals surface area contributed by atoms with Gasteiger partial charge in [0.15, 0.2) is 11.6 Å². The third kappa shape index (κ3) is 4.46. The van der Waals surface area contributed by atoms with Crippen molar-refractivity contribution in [2.24, 2.45) is 0 Å². The van der Waals surface area contributed by atoms with Crippen molar-refractivity contribution in [1.82, 2.24) is 0 Å². The molecule has 0 bridgehead atoms. The van der Waals surface area contributed by atoms with Gasteiger partial charge in [-0.15, -0.1) is 0 Å². The Morgan fingerprint density at radius 2 is 1.58 bits per heavy atom. The first-order valence-electron chi connectivity index (χ1n) is 13.1. The monoisotopic (exact) mass is 516 g/mol. The van der Waals surface area contributed by atoms with Crippen molar-refractivity contribution in [3.63, 3.8) is 0 Å². The molecule has 7 heteroatoms. The Bertz CT molecular complexity index is 1430. The molecule has 2 aliphatic rings. The van der Waals surface area contributed by atoms with E-state index in [0.29, 0.717) is 11.1 Å². The number of halogens is 2. The minimum atomic E-state index is -1.13. The number of carbonyl (C=O) groups excluding carboxylic acids is 2. The molecule has 3 aromatic carbocycles. The first-order valence-corrected chi connectivity index (χ1v) is 13.1. The van der Waals surface area contributed by atoms with Gasteiger partial charge in [-0.25, -0.2) is 8.78 Å². The fourth-order valence-corrected chi connectivity index (χ4v) is 5.54. The van der Waals surface area contributed by atoms with Crippen LogP contribution in [0.15, 0.2) is 66.2 Å². The number of hydrogen-bond donors (Lipinski definition) is 1. The van der Waals surface area contributed by atoms with Crippen molar-refractivity contribution in [3.05, 3.63) is 100 Å². The lowest BCUT2D eigenvalue weighted by molar-refractivity contribution is -0.132. The number of nitrogens with zero attached hydrogens (tertiary/aromatic N) is 2. The van der Waals surface area contributed by atoms with Gasteiger partial charge in [0.05, 0.1) is 11.6 Å². The molecular formula is C31H30F2N2O3. The minimum Gasteiger partial charge on any atom is -0.507 e. The van der Waals surface area contributed by atoms with Crippen molar-refractivity contribution in [2.45, 2.75) is 45.6 Å². The second-order valence-corrected chi connectivity index (χ2v) is 9.72. The third-order valence-corrected chi connectivity index (χ3v) is 7.59. The molecule has 0 aromatic heterocycles. The molecule has 1 aliphatic heterocycles. The number of benzene rings is 3. The summed E-state index contributed by atoms with van der Waals surface area (Å²) in [5.41, 5.74) is 4.30. The van der Waals surface area contributed by atoms with Gasteiger partial charge in [0.1, 0.15) is 5.76 Å². The van der Waals surface area contributed by atoms with E-state index in [1.54, 1.807) is 18.2 Å². The normalized spacial score (nSPS) is 18.5. The van der Waals surface area contributed by atoms with Gasteiger partial charge in [0, 0.05) is 36.1 Å². The van der Waals surface area contributed by atoms with Crippen LogP contribution in [0.25, 0.3) is 5.76 Å². The maximum absolute atomic E-state index is 14.2. The second kappa shape index (κ2) is 10.4. The summed E-state index contributed by atoms with van der Waals surface area (Å²) < 4.78 is 28.0. The fraction of sp³-hybridized carbons (Fsp3) is 0.290. The molecule has 0 radical (unpaired) electrons. The second-order valence-electron chi connectivity index (χ2n) is 9.72. The number of Topliss-reactive ketones (excluding diaryl/α,β-unsaturated/α-hetero) is 1. The number of ketones is 1. The molecule has 1 aliphatic carbocycles. The van der Waals surface area contributed by atoms with Crippen LogP contribution < -0.4 is 9.80 Å². The highest BCUT2D eigenvalue weighted by Gasteiger charge is 2.47. The van der Waals surface area contributed by atoms with Crippen LogP contribution in [0, 0.1) is 11.6 Å². The smallest absolute Gasteiger partial charge is 0.300 e. The Labute approximate surface area is 221 Å². The van der Waals surface area contributed by atoms with E-state index >= 15 is 0 Å². The molecule has 38 heavy (non-hydrogen) atoms. The largest absolute Gasteiger partial charge is 0.507 e. The molecular weight excluding hydrogens is 486 g/mol. The quantitative estimate of drug-likeness (QED) is 0.237. The van der Waals surface area contributed by atoms with E-state index in [1.807, 2.05) is 38.1 Å². The number of aliphatic hydroxyl groups excluding tert-OH is 1. The number of aryl methyl sites for hydroxylation is 2. The average molecular weight is 517 g/mol. The summed E-state index contributed by atoms with van der Waals surface area (Å²) in [5, 5.41) is 11.5. The summed E-state index contributed by atoms with van der Waals surface area (Å²) in [7, 11) is 0. The number of rotatable bonds is 6. The lowest BCUT2D eigenvalue weighted by Crippen LogP contribution is -2.29. The molecule has 5 nitrogen and oxygen atoms in total. The van der Waals surface area contributed by atoms with Crippen LogP contribution in [0.5, 0.6) is 0 Å². The van der Waals surface area contributed by atoms with Crippen LogP contribution in [0.4, 0.5) is 20.2 Å². The molecule has 1 amide bonds. The van der Waals surface area contributed by atoms with Gasteiger partial charge in [-0.05, 0) is 86.6 Å². The summed E-state index contributed by atoms with van der Waals surface area (Å²) >= 11 is 0. The zero-order valence-electron chi connectivity index (χ0n) is 21.5. The summed E-state index contributed by atoms with van der Waals surface area (Å²) in [6.07, 6.45) is 4.02. The van der Waals surface area contributed by atoms with E-state index in [4.69, 9.17) is 0 Å². The van der Waals surface area contributed by atoms with Gasteiger partial charge in [-0.1, -0.05) is 24.3 Å². The van der Waals surface area contributed by atoms with Crippen molar-refractivity contribution in [1.29, 1.82) is 0 Å². The Morgan fingerprint density at radius 1 is 0.895 bits per heavy atom. The maximum atomic E-state index is 14.2. The highest BCUT2D eigenvalue weighted by Crippen LogP contribution is 2.43. The van der Waals surface area contributed by atoms with E-state index in [9.17, 15) is 23.5 Å². The van der Waals surface area contributed by atoms with E-state index < -0.39 is 29.4 Å². The Balaban J connectivity index is 1.67. The molecule has 0 saturated carbocycles. The van der Waals surface area contributed by atoms with Crippen LogP contribution in [-0.2, 0) is 22.4 Å². The van der Waals surface area contributed by atoms with Crippen molar-refractivity contribution in [2.75, 3.05) is 22.9 Å². The highest BCUT2D eigenvalue weighted by atomic mass is 19.2. The SMILES string of the molecule is CCN(CC)c1ccc(C2/C(=C(/O)c3ccc4c(c3)CCCC4)C(=O)C(=O)N2c2ccc(F)c(F)c2)cc1. The van der Waals surface area contributed by atoms with Crippen LogP contribution in [-0.4, -0.2) is 29.9 Å². The van der Waals surface area contributed by atoms with Crippen molar-refractivity contribution in [3.8, 4) is 0 Å². The van der Waals surface area contributed by atoms with Gasteiger partial charge in [-0.3, -0.25) is 14.5 Å². The Morgan fingerprint density at radius 3 is 2.24 bits per heavy atom. The Kier molecular flexibility index (Phi) is 7.02. The van der Waals surface area contributed by atoms with Gasteiger partial charge in [0.2, 0.25) is 0 Å². The summed E-state index contributed by atoms with van der Waals surface area (Å²) in [5.74, 6) is -4.25. The zero-order chi connectivity index (χ0) is 27.0. The minimum absolute atomic E-state index is 0.0355. The van der Waals surface area contributed by atoms with Crippen molar-refractivity contribution >= 4 is 28.8 Å². The number of fused-ring (bicyclic) bond motifs is 1. The molecule has 5 rings (SSSR count). The first kappa shape index (κ1) is 25.6. The van der Waals surface area contributed by atoms with E-state index in [1.165, 1.54) is 11.6 Å². The lowest BCUT2D eigenvalue weighted by Gasteiger charge is -2.27. The standard InChI is InChI=1S/C31H30F2N2O3/c1-3-34(4-2)23-13-11-20(12-14-23)28-27(29(36)22-10-9-19-7-5-6-8-21(19)17-22)30(37)31(38)35(28)24-15-16-25(32)26(33)18-24/h9-18,28,36H,3-8H2,1-2H3/b29-27-. The van der Waals surface area contributed by atoms with Crippen LogP contribution >= 0.6 is 0 Å². The molecule has 3 aromatic rings. The highest BCUT2D eigenvalue weighted by molar-refractivity contribution is 6.51. The maximum Gasteiger partial charge on any atom is 0.300 e. The fourth-order valence-electron chi connectivity index (χ4n) is 5.54. The van der Waals surface area contributed by atoms with Gasteiger partial charge >= 0.3 is 0 Å². The molecule has 1 fully saturated rings.